The van der Waals surface area contributed by atoms with Crippen LogP contribution < -0.4 is 15.0 Å². The van der Waals surface area contributed by atoms with Crippen LogP contribution in [0.5, 0.6) is 5.75 Å². The highest BCUT2D eigenvalue weighted by molar-refractivity contribution is 6.30. The molecule has 0 atom stereocenters. The summed E-state index contributed by atoms with van der Waals surface area (Å²) >= 11 is 5.93. The quantitative estimate of drug-likeness (QED) is 0.729. The molecule has 1 fully saturated rings. The van der Waals surface area contributed by atoms with Crippen LogP contribution in [0, 0.1) is 6.92 Å². The fourth-order valence-electron chi connectivity index (χ4n) is 3.01. The molecule has 3 rings (SSSR count). The van der Waals surface area contributed by atoms with E-state index in [-0.39, 0.29) is 5.91 Å². The Kier molecular flexibility index (Phi) is 6.34. The van der Waals surface area contributed by atoms with Gasteiger partial charge in [-0.2, -0.15) is 0 Å². The SMILES string of the molecule is Cc1cc(Cl)ccc1OCCCC(=O)Nc1ccc(N2CCCC2)nc1. The van der Waals surface area contributed by atoms with Crippen molar-refractivity contribution in [3.05, 3.63) is 47.1 Å². The van der Waals surface area contributed by atoms with Gasteiger partial charge in [-0.3, -0.25) is 4.79 Å². The van der Waals surface area contributed by atoms with E-state index < -0.39 is 0 Å². The second-order valence-electron chi connectivity index (χ2n) is 6.51. The molecule has 1 amide bonds. The normalized spacial score (nSPS) is 13.7. The predicted octanol–water partition coefficient (Wildman–Crippen LogP) is 4.44. The monoisotopic (exact) mass is 373 g/mol. The van der Waals surface area contributed by atoms with Crippen molar-refractivity contribution in [1.29, 1.82) is 0 Å². The average Bonchev–Trinajstić information content (AvgIpc) is 3.15. The average molecular weight is 374 g/mol. The first-order valence-corrected chi connectivity index (χ1v) is 9.39. The van der Waals surface area contributed by atoms with E-state index in [0.717, 1.165) is 35.9 Å². The van der Waals surface area contributed by atoms with Gasteiger partial charge in [-0.05, 0) is 62.1 Å². The molecular formula is C20H24ClN3O2. The Morgan fingerprint density at radius 2 is 2.08 bits per heavy atom. The van der Waals surface area contributed by atoms with Crippen molar-refractivity contribution >= 4 is 29.0 Å². The first kappa shape index (κ1) is 18.5. The molecule has 1 aliphatic rings. The molecule has 0 unspecified atom stereocenters. The number of benzene rings is 1. The molecule has 6 heteroatoms. The number of hydrogen-bond donors (Lipinski definition) is 1. The van der Waals surface area contributed by atoms with Gasteiger partial charge in [-0.25, -0.2) is 4.98 Å². The van der Waals surface area contributed by atoms with Crippen LogP contribution in [-0.4, -0.2) is 30.6 Å². The number of nitrogens with one attached hydrogen (secondary N) is 1. The van der Waals surface area contributed by atoms with E-state index in [1.165, 1.54) is 12.8 Å². The lowest BCUT2D eigenvalue weighted by Crippen LogP contribution is -2.19. The van der Waals surface area contributed by atoms with Crippen LogP contribution in [0.1, 0.15) is 31.2 Å². The maximum Gasteiger partial charge on any atom is 0.224 e. The van der Waals surface area contributed by atoms with Crippen LogP contribution in [0.4, 0.5) is 11.5 Å². The number of aryl methyl sites for hydroxylation is 1. The van der Waals surface area contributed by atoms with E-state index >= 15 is 0 Å². The van der Waals surface area contributed by atoms with Crippen molar-refractivity contribution in [3.8, 4) is 5.75 Å². The van der Waals surface area contributed by atoms with Crippen molar-refractivity contribution in [3.63, 3.8) is 0 Å². The molecule has 0 bridgehead atoms. The zero-order valence-corrected chi connectivity index (χ0v) is 15.8. The molecule has 1 saturated heterocycles. The number of anilines is 2. The molecule has 1 aliphatic heterocycles. The summed E-state index contributed by atoms with van der Waals surface area (Å²) in [5.74, 6) is 1.75. The Hall–Kier alpha value is -2.27. The summed E-state index contributed by atoms with van der Waals surface area (Å²) < 4.78 is 5.71. The Balaban J connectivity index is 1.39. The molecular weight excluding hydrogens is 350 g/mol. The minimum absolute atomic E-state index is 0.0304. The number of amides is 1. The molecule has 1 aromatic heterocycles. The van der Waals surface area contributed by atoms with Crippen molar-refractivity contribution in [2.24, 2.45) is 0 Å². The highest BCUT2D eigenvalue weighted by Gasteiger charge is 2.13. The number of carbonyl (C=O) groups is 1. The molecule has 0 saturated carbocycles. The summed E-state index contributed by atoms with van der Waals surface area (Å²) in [5, 5.41) is 3.58. The number of halogens is 1. The predicted molar refractivity (Wildman–Crippen MR) is 105 cm³/mol. The van der Waals surface area contributed by atoms with Gasteiger partial charge in [0.15, 0.2) is 0 Å². The van der Waals surface area contributed by atoms with E-state index in [4.69, 9.17) is 16.3 Å². The summed E-state index contributed by atoms with van der Waals surface area (Å²) in [6.07, 6.45) is 5.21. The lowest BCUT2D eigenvalue weighted by atomic mass is 10.2. The van der Waals surface area contributed by atoms with Gasteiger partial charge in [0, 0.05) is 24.5 Å². The topological polar surface area (TPSA) is 54.5 Å². The van der Waals surface area contributed by atoms with E-state index in [9.17, 15) is 4.79 Å². The van der Waals surface area contributed by atoms with Crippen molar-refractivity contribution in [2.75, 3.05) is 29.9 Å². The third kappa shape index (κ3) is 5.11. The molecule has 5 nitrogen and oxygen atoms in total. The highest BCUT2D eigenvalue weighted by atomic mass is 35.5. The molecule has 1 aromatic carbocycles. The minimum atomic E-state index is -0.0304. The molecule has 0 aliphatic carbocycles. The van der Waals surface area contributed by atoms with Crippen LogP contribution in [0.3, 0.4) is 0 Å². The fraction of sp³-hybridized carbons (Fsp3) is 0.400. The van der Waals surface area contributed by atoms with Gasteiger partial charge in [-0.1, -0.05) is 11.6 Å². The molecule has 26 heavy (non-hydrogen) atoms. The van der Waals surface area contributed by atoms with Crippen LogP contribution in [-0.2, 0) is 4.79 Å². The maximum atomic E-state index is 12.1. The zero-order chi connectivity index (χ0) is 18.4. The lowest BCUT2D eigenvalue weighted by Gasteiger charge is -2.16. The molecule has 2 aromatic rings. The van der Waals surface area contributed by atoms with Crippen molar-refractivity contribution in [2.45, 2.75) is 32.6 Å². The summed E-state index contributed by atoms with van der Waals surface area (Å²) in [6.45, 7) is 4.56. The molecule has 0 spiro atoms. The van der Waals surface area contributed by atoms with Gasteiger partial charge in [-0.15, -0.1) is 0 Å². The van der Waals surface area contributed by atoms with Gasteiger partial charge in [0.25, 0.3) is 0 Å². The summed E-state index contributed by atoms with van der Waals surface area (Å²) in [6, 6.07) is 9.39. The van der Waals surface area contributed by atoms with Crippen molar-refractivity contribution < 1.29 is 9.53 Å². The van der Waals surface area contributed by atoms with Crippen LogP contribution in [0.2, 0.25) is 5.02 Å². The number of aromatic nitrogens is 1. The summed E-state index contributed by atoms with van der Waals surface area (Å²) in [5.41, 5.74) is 1.72. The van der Waals surface area contributed by atoms with E-state index in [1.807, 2.05) is 31.2 Å². The maximum absolute atomic E-state index is 12.1. The van der Waals surface area contributed by atoms with Gasteiger partial charge >= 0.3 is 0 Å². The Morgan fingerprint density at radius 1 is 1.27 bits per heavy atom. The molecule has 138 valence electrons. The van der Waals surface area contributed by atoms with Gasteiger partial charge in [0.2, 0.25) is 5.91 Å². The van der Waals surface area contributed by atoms with E-state index in [2.05, 4.69) is 15.2 Å². The minimum Gasteiger partial charge on any atom is -0.493 e. The second kappa shape index (κ2) is 8.90. The molecule has 0 radical (unpaired) electrons. The molecule has 1 N–H and O–H groups in total. The van der Waals surface area contributed by atoms with Crippen LogP contribution in [0.15, 0.2) is 36.5 Å². The fourth-order valence-corrected chi connectivity index (χ4v) is 3.23. The number of pyridine rings is 1. The first-order valence-electron chi connectivity index (χ1n) is 9.01. The molecule has 2 heterocycles. The Bertz CT molecular complexity index is 743. The van der Waals surface area contributed by atoms with Gasteiger partial charge < -0.3 is 15.0 Å². The zero-order valence-electron chi connectivity index (χ0n) is 15.0. The summed E-state index contributed by atoms with van der Waals surface area (Å²) in [4.78, 5) is 18.8. The number of carbonyl (C=O) groups excluding carboxylic acids is 1. The number of rotatable bonds is 7. The largest absolute Gasteiger partial charge is 0.493 e. The highest BCUT2D eigenvalue weighted by Crippen LogP contribution is 2.22. The standard InChI is InChI=1S/C20H24ClN3O2/c1-15-13-16(21)6-8-18(15)26-12-4-5-20(25)23-17-7-9-19(22-14-17)24-10-2-3-11-24/h6-9,13-14H,2-5,10-12H2,1H3,(H,23,25). The van der Waals surface area contributed by atoms with Gasteiger partial charge in [0.05, 0.1) is 18.5 Å². The number of hydrogen-bond acceptors (Lipinski definition) is 4. The number of ether oxygens (including phenoxy) is 1. The van der Waals surface area contributed by atoms with Gasteiger partial charge in [0.1, 0.15) is 11.6 Å². The Morgan fingerprint density at radius 3 is 2.77 bits per heavy atom. The smallest absolute Gasteiger partial charge is 0.224 e. The van der Waals surface area contributed by atoms with E-state index in [0.29, 0.717) is 24.5 Å². The van der Waals surface area contributed by atoms with Crippen molar-refractivity contribution in [1.82, 2.24) is 4.98 Å². The Labute approximate surface area is 159 Å². The van der Waals surface area contributed by atoms with Crippen LogP contribution >= 0.6 is 11.6 Å². The third-order valence-corrected chi connectivity index (χ3v) is 4.64. The number of nitrogens with zero attached hydrogens (tertiary/aromatic N) is 2. The van der Waals surface area contributed by atoms with E-state index in [1.54, 1.807) is 12.3 Å². The lowest BCUT2D eigenvalue weighted by molar-refractivity contribution is -0.116. The summed E-state index contributed by atoms with van der Waals surface area (Å²) in [7, 11) is 0. The third-order valence-electron chi connectivity index (χ3n) is 4.40. The second-order valence-corrected chi connectivity index (χ2v) is 6.95. The first-order chi connectivity index (χ1) is 12.6. The van der Waals surface area contributed by atoms with Crippen LogP contribution in [0.25, 0.3) is 0 Å².